The van der Waals surface area contributed by atoms with Crippen LogP contribution in [0, 0.1) is 11.6 Å². The molecular weight excluding hydrogens is 448 g/mol. The minimum Gasteiger partial charge on any atom is -0.476 e. The molecule has 6 nitrogen and oxygen atoms in total. The van der Waals surface area contributed by atoms with Crippen molar-refractivity contribution in [1.29, 1.82) is 0 Å². The fourth-order valence-corrected chi connectivity index (χ4v) is 4.23. The molecule has 0 aliphatic rings. The molecule has 0 heterocycles. The van der Waals surface area contributed by atoms with Gasteiger partial charge in [0, 0.05) is 22.2 Å². The zero-order valence-electron chi connectivity index (χ0n) is 15.3. The van der Waals surface area contributed by atoms with Crippen LogP contribution in [0.1, 0.15) is 0 Å². The summed E-state index contributed by atoms with van der Waals surface area (Å²) in [6, 6.07) is 7.97. The first-order valence-electron chi connectivity index (χ1n) is 8.23. The van der Waals surface area contributed by atoms with Gasteiger partial charge in [-0.25, -0.2) is 22.0 Å². The normalized spacial score (nSPS) is 11.3. The van der Waals surface area contributed by atoms with E-state index in [1.54, 1.807) is 0 Å². The Hall–Kier alpha value is -1.88. The number of rotatable bonds is 10. The number of hydrogen-bond donors (Lipinski definition) is 1. The second-order valence-electron chi connectivity index (χ2n) is 5.64. The van der Waals surface area contributed by atoms with E-state index >= 15 is 0 Å². The van der Waals surface area contributed by atoms with Gasteiger partial charge in [-0.2, -0.15) is 0 Å². The molecule has 0 bridgehead atoms. The number of sulfone groups is 1. The van der Waals surface area contributed by atoms with Crippen molar-refractivity contribution in [3.05, 3.63) is 53.1 Å². The number of thioether (sulfide) groups is 1. The lowest BCUT2D eigenvalue weighted by atomic mass is 10.3. The molecule has 0 unspecified atom stereocenters. The molecule has 158 valence electrons. The van der Waals surface area contributed by atoms with Crippen molar-refractivity contribution >= 4 is 39.2 Å². The van der Waals surface area contributed by atoms with Crippen molar-refractivity contribution < 1.29 is 31.5 Å². The third kappa shape index (κ3) is 7.14. The zero-order valence-corrected chi connectivity index (χ0v) is 17.7. The number of carbonyl (C=O) groups excluding carboxylic acids is 1. The fourth-order valence-electron chi connectivity index (χ4n) is 2.12. The average Bonchev–Trinajstić information content (AvgIpc) is 2.67. The number of ether oxygens (including phenoxy) is 2. The molecule has 1 N–H and O–H groups in total. The van der Waals surface area contributed by atoms with Gasteiger partial charge in [0.2, 0.25) is 0 Å². The van der Waals surface area contributed by atoms with Gasteiger partial charge in [0.1, 0.15) is 5.88 Å². The summed E-state index contributed by atoms with van der Waals surface area (Å²) in [6.07, 6.45) is 0. The van der Waals surface area contributed by atoms with Gasteiger partial charge in [0.25, 0.3) is 0 Å². The van der Waals surface area contributed by atoms with E-state index in [1.807, 2.05) is 0 Å². The maximum Gasteiger partial charge on any atom is 0.343 e. The molecule has 0 aromatic heterocycles. The van der Waals surface area contributed by atoms with Crippen LogP contribution in [0.4, 0.5) is 8.78 Å². The summed E-state index contributed by atoms with van der Waals surface area (Å²) in [4.78, 5) is 11.4. The molecule has 29 heavy (non-hydrogen) atoms. The maximum absolute atomic E-state index is 14.0. The van der Waals surface area contributed by atoms with Gasteiger partial charge in [0.15, 0.2) is 33.8 Å². The highest BCUT2D eigenvalue weighted by Gasteiger charge is 2.16. The van der Waals surface area contributed by atoms with Crippen LogP contribution >= 0.6 is 23.4 Å². The SMILES string of the molecule is COC(=O)COc1c(F)cc(SCCNCS(=O)(=O)c2ccc(Cl)cc2)cc1F. The average molecular weight is 466 g/mol. The number of esters is 1. The van der Waals surface area contributed by atoms with Crippen LogP contribution in [-0.2, 0) is 19.4 Å². The van der Waals surface area contributed by atoms with Gasteiger partial charge in [-0.05, 0) is 36.4 Å². The molecule has 2 aromatic rings. The van der Waals surface area contributed by atoms with Crippen molar-refractivity contribution in [3.8, 4) is 5.75 Å². The molecule has 0 radical (unpaired) electrons. The molecule has 0 spiro atoms. The largest absolute Gasteiger partial charge is 0.476 e. The van der Waals surface area contributed by atoms with Crippen LogP contribution < -0.4 is 10.1 Å². The van der Waals surface area contributed by atoms with Crippen LogP contribution in [0.5, 0.6) is 5.75 Å². The van der Waals surface area contributed by atoms with Gasteiger partial charge in [-0.15, -0.1) is 11.8 Å². The lowest BCUT2D eigenvalue weighted by Crippen LogP contribution is -2.25. The number of benzene rings is 2. The lowest BCUT2D eigenvalue weighted by molar-refractivity contribution is -0.143. The van der Waals surface area contributed by atoms with Crippen molar-refractivity contribution in [3.63, 3.8) is 0 Å². The number of halogens is 3. The van der Waals surface area contributed by atoms with Crippen LogP contribution in [-0.4, -0.2) is 46.3 Å². The predicted molar refractivity (Wildman–Crippen MR) is 106 cm³/mol. The smallest absolute Gasteiger partial charge is 0.343 e. The van der Waals surface area contributed by atoms with Gasteiger partial charge in [0.05, 0.1) is 12.0 Å². The second kappa shape index (κ2) is 10.8. The first kappa shape index (κ1) is 23.4. The summed E-state index contributed by atoms with van der Waals surface area (Å²) < 4.78 is 61.4. The van der Waals surface area contributed by atoms with E-state index in [2.05, 4.69) is 10.1 Å². The topological polar surface area (TPSA) is 81.7 Å². The van der Waals surface area contributed by atoms with Crippen molar-refractivity contribution in [2.24, 2.45) is 0 Å². The highest BCUT2D eigenvalue weighted by molar-refractivity contribution is 7.99. The number of methoxy groups -OCH3 is 1. The second-order valence-corrected chi connectivity index (χ2v) is 9.24. The minimum atomic E-state index is -3.51. The van der Waals surface area contributed by atoms with Crippen molar-refractivity contribution in [2.75, 3.05) is 31.9 Å². The van der Waals surface area contributed by atoms with E-state index in [0.717, 1.165) is 31.0 Å². The molecule has 0 fully saturated rings. The number of nitrogens with one attached hydrogen (secondary N) is 1. The quantitative estimate of drug-likeness (QED) is 0.327. The van der Waals surface area contributed by atoms with Crippen molar-refractivity contribution in [1.82, 2.24) is 5.32 Å². The Kier molecular flexibility index (Phi) is 8.69. The Bertz CT molecular complexity index is 932. The summed E-state index contributed by atoms with van der Waals surface area (Å²) in [5, 5.41) is 3.22. The Morgan fingerprint density at radius 1 is 1.17 bits per heavy atom. The monoisotopic (exact) mass is 465 g/mol. The third-order valence-electron chi connectivity index (χ3n) is 3.55. The molecule has 0 saturated carbocycles. The summed E-state index contributed by atoms with van der Waals surface area (Å²) in [6.45, 7) is -0.315. The highest BCUT2D eigenvalue weighted by atomic mass is 35.5. The van der Waals surface area contributed by atoms with Crippen LogP contribution in [0.2, 0.25) is 5.02 Å². The molecular formula is C18H18ClF2NO5S2. The third-order valence-corrected chi connectivity index (χ3v) is 6.35. The molecule has 11 heteroatoms. The molecule has 2 aromatic carbocycles. The Morgan fingerprint density at radius 3 is 2.38 bits per heavy atom. The van der Waals surface area contributed by atoms with E-state index in [0.29, 0.717) is 22.2 Å². The number of carbonyl (C=O) groups is 1. The summed E-state index contributed by atoms with van der Waals surface area (Å²) in [5.74, 6) is -3.23. The van der Waals surface area contributed by atoms with Gasteiger partial charge in [-0.3, -0.25) is 0 Å². The standard InChI is InChI=1S/C18H18ClF2NO5S2/c1-26-17(23)10-27-18-15(20)8-13(9-16(18)21)28-7-6-22-11-29(24,25)14-4-2-12(19)3-5-14/h2-5,8-9,22H,6-7,10-11H2,1H3. The Labute approximate surface area is 176 Å². The first-order valence-corrected chi connectivity index (χ1v) is 11.2. The van der Waals surface area contributed by atoms with E-state index in [4.69, 9.17) is 16.3 Å². The van der Waals surface area contributed by atoms with Gasteiger partial charge >= 0.3 is 5.97 Å². The highest BCUT2D eigenvalue weighted by Crippen LogP contribution is 2.28. The predicted octanol–water partition coefficient (Wildman–Crippen LogP) is 3.28. The van der Waals surface area contributed by atoms with Crippen LogP contribution in [0.3, 0.4) is 0 Å². The molecule has 0 aliphatic carbocycles. The molecule has 0 atom stereocenters. The molecule has 0 saturated heterocycles. The molecule has 2 rings (SSSR count). The van der Waals surface area contributed by atoms with Gasteiger partial charge in [-0.1, -0.05) is 11.6 Å². The van der Waals surface area contributed by atoms with Gasteiger partial charge < -0.3 is 14.8 Å². The first-order chi connectivity index (χ1) is 13.7. The molecule has 0 aliphatic heterocycles. The minimum absolute atomic E-state index is 0.147. The zero-order chi connectivity index (χ0) is 21.4. The maximum atomic E-state index is 14.0. The van der Waals surface area contributed by atoms with Crippen LogP contribution in [0.15, 0.2) is 46.2 Å². The molecule has 0 amide bonds. The van der Waals surface area contributed by atoms with E-state index in [1.165, 1.54) is 24.3 Å². The van der Waals surface area contributed by atoms with Crippen molar-refractivity contribution in [2.45, 2.75) is 9.79 Å². The van der Waals surface area contributed by atoms with E-state index < -0.39 is 39.8 Å². The summed E-state index contributed by atoms with van der Waals surface area (Å²) in [5.41, 5.74) is 0. The summed E-state index contributed by atoms with van der Waals surface area (Å²) >= 11 is 6.87. The van der Waals surface area contributed by atoms with E-state index in [-0.39, 0.29) is 10.8 Å². The summed E-state index contributed by atoms with van der Waals surface area (Å²) in [7, 11) is -2.38. The fraction of sp³-hybridized carbons (Fsp3) is 0.278. The Balaban J connectivity index is 1.83. The lowest BCUT2D eigenvalue weighted by Gasteiger charge is -2.10. The Morgan fingerprint density at radius 2 is 1.79 bits per heavy atom. The number of hydrogen-bond acceptors (Lipinski definition) is 7. The van der Waals surface area contributed by atoms with E-state index in [9.17, 15) is 22.0 Å². The van der Waals surface area contributed by atoms with Crippen LogP contribution in [0.25, 0.3) is 0 Å².